The van der Waals surface area contributed by atoms with Crippen LogP contribution >= 0.6 is 0 Å². The van der Waals surface area contributed by atoms with Gasteiger partial charge in [-0.2, -0.15) is 0 Å². The molecule has 0 unspecified atom stereocenters. The number of aliphatic carboxylic acids is 1. The summed E-state index contributed by atoms with van der Waals surface area (Å²) >= 11 is 0. The molecule has 104 valence electrons. The minimum Gasteiger partial charge on any atom is -0.481 e. The Hall–Kier alpha value is -1.40. The SMILES string of the molecule is CCS(=O)(=O)[C@@H]1[C@H](c2ccccc2)[C@@]1(CN)C(=O)O. The van der Waals surface area contributed by atoms with Crippen LogP contribution in [0.2, 0.25) is 0 Å². The maximum absolute atomic E-state index is 12.1. The molecule has 0 radical (unpaired) electrons. The second-order valence-corrected chi connectivity index (χ2v) is 7.22. The summed E-state index contributed by atoms with van der Waals surface area (Å²) in [7, 11) is -3.45. The van der Waals surface area contributed by atoms with Gasteiger partial charge in [0.2, 0.25) is 0 Å². The zero-order chi connectivity index (χ0) is 14.3. The van der Waals surface area contributed by atoms with Crippen LogP contribution in [0, 0.1) is 5.41 Å². The van der Waals surface area contributed by atoms with Gasteiger partial charge in [-0.15, -0.1) is 0 Å². The second-order valence-electron chi connectivity index (χ2n) is 4.81. The quantitative estimate of drug-likeness (QED) is 0.825. The molecule has 1 fully saturated rings. The number of rotatable bonds is 5. The molecule has 3 atom stereocenters. The van der Waals surface area contributed by atoms with Crippen molar-refractivity contribution in [3.8, 4) is 0 Å². The minimum atomic E-state index is -3.45. The first kappa shape index (κ1) is 14.0. The fraction of sp³-hybridized carbons (Fsp3) is 0.462. The van der Waals surface area contributed by atoms with Gasteiger partial charge < -0.3 is 10.8 Å². The van der Waals surface area contributed by atoms with Gasteiger partial charge >= 0.3 is 5.97 Å². The summed E-state index contributed by atoms with van der Waals surface area (Å²) in [4.78, 5) is 11.5. The van der Waals surface area contributed by atoms with Crippen LogP contribution in [-0.2, 0) is 14.6 Å². The molecule has 3 N–H and O–H groups in total. The van der Waals surface area contributed by atoms with Gasteiger partial charge in [0.1, 0.15) is 5.41 Å². The smallest absolute Gasteiger partial charge is 0.312 e. The van der Waals surface area contributed by atoms with Gasteiger partial charge in [0.15, 0.2) is 9.84 Å². The van der Waals surface area contributed by atoms with E-state index in [1.807, 2.05) is 0 Å². The van der Waals surface area contributed by atoms with Crippen molar-refractivity contribution in [3.63, 3.8) is 0 Å². The van der Waals surface area contributed by atoms with Gasteiger partial charge in [-0.1, -0.05) is 37.3 Å². The van der Waals surface area contributed by atoms with Crippen molar-refractivity contribution in [1.29, 1.82) is 0 Å². The van der Waals surface area contributed by atoms with E-state index in [4.69, 9.17) is 5.73 Å². The molecule has 2 rings (SSSR count). The van der Waals surface area contributed by atoms with Crippen LogP contribution in [-0.4, -0.2) is 37.0 Å². The summed E-state index contributed by atoms with van der Waals surface area (Å²) in [6.07, 6.45) is 0. The first-order valence-electron chi connectivity index (χ1n) is 6.11. The predicted molar refractivity (Wildman–Crippen MR) is 71.6 cm³/mol. The van der Waals surface area contributed by atoms with Gasteiger partial charge in [0, 0.05) is 18.2 Å². The third-order valence-corrected chi connectivity index (χ3v) is 6.21. The maximum Gasteiger partial charge on any atom is 0.312 e. The van der Waals surface area contributed by atoms with E-state index in [9.17, 15) is 18.3 Å². The molecule has 0 heterocycles. The Morgan fingerprint density at radius 2 is 1.95 bits per heavy atom. The van der Waals surface area contributed by atoms with Gasteiger partial charge in [-0.25, -0.2) is 8.42 Å². The summed E-state index contributed by atoms with van der Waals surface area (Å²) in [6.45, 7) is 1.35. The largest absolute Gasteiger partial charge is 0.481 e. The molecule has 0 bridgehead atoms. The molecule has 5 nitrogen and oxygen atoms in total. The van der Waals surface area contributed by atoms with Gasteiger partial charge in [-0.3, -0.25) is 4.79 Å². The van der Waals surface area contributed by atoms with E-state index in [-0.39, 0.29) is 12.3 Å². The van der Waals surface area contributed by atoms with E-state index in [0.29, 0.717) is 0 Å². The first-order chi connectivity index (χ1) is 8.91. The lowest BCUT2D eigenvalue weighted by atomic mass is 9.99. The van der Waals surface area contributed by atoms with Gasteiger partial charge in [0.05, 0.1) is 5.25 Å². The molecular formula is C13H17NO4S. The maximum atomic E-state index is 12.1. The summed E-state index contributed by atoms with van der Waals surface area (Å²) < 4.78 is 24.2. The lowest BCUT2D eigenvalue weighted by Crippen LogP contribution is -2.32. The zero-order valence-corrected chi connectivity index (χ0v) is 11.4. The van der Waals surface area contributed by atoms with Crippen LogP contribution in [0.5, 0.6) is 0 Å². The van der Waals surface area contributed by atoms with Crippen molar-refractivity contribution in [2.24, 2.45) is 11.1 Å². The zero-order valence-electron chi connectivity index (χ0n) is 10.6. The average molecular weight is 283 g/mol. The van der Waals surface area contributed by atoms with E-state index in [0.717, 1.165) is 5.56 Å². The number of carboxylic acid groups (broad SMARTS) is 1. The standard InChI is InChI=1S/C13H17NO4S/c1-2-19(17,18)11-10(9-6-4-3-5-7-9)13(11,8-14)12(15)16/h3-7,10-11H,2,8,14H2,1H3,(H,15,16)/t10-,11+,13+/m0/s1. The van der Waals surface area contributed by atoms with Gasteiger partial charge in [0.25, 0.3) is 0 Å². The first-order valence-corrected chi connectivity index (χ1v) is 7.83. The molecular weight excluding hydrogens is 266 g/mol. The minimum absolute atomic E-state index is 0.0734. The molecule has 0 spiro atoms. The Bertz CT molecular complexity index is 584. The highest BCUT2D eigenvalue weighted by molar-refractivity contribution is 7.92. The Balaban J connectivity index is 2.51. The molecule has 0 amide bonds. The predicted octanol–water partition coefficient (Wildman–Crippen LogP) is 0.617. The van der Waals surface area contributed by atoms with E-state index >= 15 is 0 Å². The molecule has 1 aromatic carbocycles. The Labute approximate surface area is 112 Å². The van der Waals surface area contributed by atoms with Crippen molar-refractivity contribution in [2.75, 3.05) is 12.3 Å². The van der Waals surface area contributed by atoms with E-state index < -0.39 is 32.4 Å². The Kier molecular flexibility index (Phi) is 3.40. The van der Waals surface area contributed by atoms with Crippen LogP contribution in [0.1, 0.15) is 18.4 Å². The topological polar surface area (TPSA) is 97.5 Å². The number of nitrogens with two attached hydrogens (primary N) is 1. The molecule has 1 aliphatic rings. The molecule has 1 aliphatic carbocycles. The molecule has 19 heavy (non-hydrogen) atoms. The number of hydrogen-bond donors (Lipinski definition) is 2. The van der Waals surface area contributed by atoms with Crippen molar-refractivity contribution in [2.45, 2.75) is 18.1 Å². The highest BCUT2D eigenvalue weighted by Gasteiger charge is 2.74. The third-order valence-electron chi connectivity index (χ3n) is 3.94. The summed E-state index contributed by atoms with van der Waals surface area (Å²) in [5, 5.41) is 8.50. The van der Waals surface area contributed by atoms with Crippen LogP contribution in [0.4, 0.5) is 0 Å². The fourth-order valence-electron chi connectivity index (χ4n) is 2.83. The normalized spacial score (nSPS) is 30.0. The van der Waals surface area contributed by atoms with Crippen LogP contribution in [0.3, 0.4) is 0 Å². The third kappa shape index (κ3) is 1.95. The van der Waals surface area contributed by atoms with Crippen molar-refractivity contribution in [3.05, 3.63) is 35.9 Å². The van der Waals surface area contributed by atoms with Gasteiger partial charge in [-0.05, 0) is 5.56 Å². The van der Waals surface area contributed by atoms with Crippen molar-refractivity contribution in [1.82, 2.24) is 0 Å². The lowest BCUT2D eigenvalue weighted by molar-refractivity contribution is -0.143. The number of benzene rings is 1. The monoisotopic (exact) mass is 283 g/mol. The molecule has 1 aromatic rings. The molecule has 0 saturated heterocycles. The van der Waals surface area contributed by atoms with E-state index in [1.165, 1.54) is 6.92 Å². The Morgan fingerprint density at radius 1 is 1.37 bits per heavy atom. The summed E-state index contributed by atoms with van der Waals surface area (Å²) in [5.41, 5.74) is 4.93. The highest BCUT2D eigenvalue weighted by atomic mass is 32.2. The van der Waals surface area contributed by atoms with Crippen molar-refractivity contribution < 1.29 is 18.3 Å². The average Bonchev–Trinajstić information content (AvgIpc) is 3.11. The number of carbonyl (C=O) groups is 1. The lowest BCUT2D eigenvalue weighted by Gasteiger charge is -2.09. The number of carboxylic acids is 1. The number of sulfone groups is 1. The van der Waals surface area contributed by atoms with E-state index in [2.05, 4.69) is 0 Å². The van der Waals surface area contributed by atoms with Crippen LogP contribution in [0.25, 0.3) is 0 Å². The Morgan fingerprint density at radius 3 is 2.37 bits per heavy atom. The van der Waals surface area contributed by atoms with Crippen LogP contribution in [0.15, 0.2) is 30.3 Å². The molecule has 6 heteroatoms. The molecule has 0 aliphatic heterocycles. The molecule has 0 aromatic heterocycles. The van der Waals surface area contributed by atoms with Crippen molar-refractivity contribution >= 4 is 15.8 Å². The second kappa shape index (κ2) is 4.61. The highest BCUT2D eigenvalue weighted by Crippen LogP contribution is 2.62. The summed E-state index contributed by atoms with van der Waals surface area (Å²) in [5.74, 6) is -1.76. The van der Waals surface area contributed by atoms with E-state index in [1.54, 1.807) is 30.3 Å². The van der Waals surface area contributed by atoms with Crippen LogP contribution < -0.4 is 5.73 Å². The fourth-order valence-corrected chi connectivity index (χ4v) is 4.91. The number of hydrogen-bond acceptors (Lipinski definition) is 4. The molecule has 1 saturated carbocycles. The summed E-state index contributed by atoms with van der Waals surface area (Å²) in [6, 6.07) is 8.85.